The molecule has 3 nitrogen and oxygen atoms in total. The third-order valence-corrected chi connectivity index (χ3v) is 2.69. The Hall–Kier alpha value is -1.09. The summed E-state index contributed by atoms with van der Waals surface area (Å²) in [6, 6.07) is 0.0367. The van der Waals surface area contributed by atoms with Crippen LogP contribution in [0.4, 0.5) is 0 Å². The predicted molar refractivity (Wildman–Crippen MR) is 62.3 cm³/mol. The van der Waals surface area contributed by atoms with Crippen LogP contribution in [0, 0.1) is 5.92 Å². The Kier molecular flexibility index (Phi) is 4.56. The van der Waals surface area contributed by atoms with Crippen molar-refractivity contribution in [1.82, 2.24) is 4.90 Å². The van der Waals surface area contributed by atoms with Gasteiger partial charge in [-0.1, -0.05) is 12.2 Å². The van der Waals surface area contributed by atoms with E-state index in [1.165, 1.54) is 12.8 Å². The van der Waals surface area contributed by atoms with E-state index in [1.54, 1.807) is 17.1 Å². The van der Waals surface area contributed by atoms with Gasteiger partial charge in [-0.3, -0.25) is 4.79 Å². The molecule has 0 aromatic heterocycles. The van der Waals surface area contributed by atoms with Crippen molar-refractivity contribution in [3.63, 3.8) is 0 Å². The van der Waals surface area contributed by atoms with Gasteiger partial charge in [0.25, 0.3) is 0 Å². The summed E-state index contributed by atoms with van der Waals surface area (Å²) in [4.78, 5) is 13.5. The molecule has 2 N–H and O–H groups in total. The summed E-state index contributed by atoms with van der Waals surface area (Å²) in [6.07, 6.45) is 6.26. The van der Waals surface area contributed by atoms with Gasteiger partial charge in [0, 0.05) is 25.6 Å². The molecular weight excluding hydrogens is 188 g/mol. The van der Waals surface area contributed by atoms with Crippen LogP contribution in [0.3, 0.4) is 0 Å². The zero-order valence-corrected chi connectivity index (χ0v) is 9.19. The van der Waals surface area contributed by atoms with E-state index in [4.69, 9.17) is 5.73 Å². The molecule has 0 bridgehead atoms. The van der Waals surface area contributed by atoms with Gasteiger partial charge in [-0.05, 0) is 18.8 Å². The molecule has 0 aromatic rings. The van der Waals surface area contributed by atoms with E-state index in [-0.39, 0.29) is 11.9 Å². The zero-order valence-electron chi connectivity index (χ0n) is 9.19. The van der Waals surface area contributed by atoms with Crippen LogP contribution in [0.25, 0.3) is 0 Å². The Morgan fingerprint density at radius 3 is 2.33 bits per heavy atom. The van der Waals surface area contributed by atoms with Crippen LogP contribution in [0.5, 0.6) is 0 Å². The molecule has 3 heteroatoms. The molecule has 1 saturated carbocycles. The highest BCUT2D eigenvalue weighted by Crippen LogP contribution is 2.32. The minimum absolute atomic E-state index is 0.0367. The van der Waals surface area contributed by atoms with Crippen LogP contribution in [0.1, 0.15) is 19.3 Å². The topological polar surface area (TPSA) is 46.3 Å². The van der Waals surface area contributed by atoms with Gasteiger partial charge in [-0.15, -0.1) is 13.2 Å². The molecule has 84 valence electrons. The van der Waals surface area contributed by atoms with Crippen molar-refractivity contribution in [2.75, 3.05) is 13.1 Å². The van der Waals surface area contributed by atoms with Gasteiger partial charge in [0.05, 0.1) is 0 Å². The summed E-state index contributed by atoms with van der Waals surface area (Å²) in [6.45, 7) is 8.41. The molecule has 0 aromatic carbocycles. The molecule has 0 heterocycles. The molecule has 1 fully saturated rings. The molecule has 0 spiro atoms. The molecule has 0 aliphatic heterocycles. The first kappa shape index (κ1) is 12.0. The zero-order chi connectivity index (χ0) is 11.3. The second kappa shape index (κ2) is 5.71. The monoisotopic (exact) mass is 208 g/mol. The summed E-state index contributed by atoms with van der Waals surface area (Å²) in [7, 11) is 0. The van der Waals surface area contributed by atoms with E-state index in [0.29, 0.717) is 25.4 Å². The normalized spacial score (nSPS) is 16.9. The van der Waals surface area contributed by atoms with Crippen molar-refractivity contribution >= 4 is 5.91 Å². The van der Waals surface area contributed by atoms with Gasteiger partial charge in [-0.2, -0.15) is 0 Å². The standard InChI is InChI=1S/C12H20N2O/c1-3-7-14(8-4-2)12(15)9-11(13)10-5-6-10/h3-4,10-11H,1-2,5-9,13H2. The Bertz CT molecular complexity index is 236. The van der Waals surface area contributed by atoms with Gasteiger partial charge in [0.2, 0.25) is 5.91 Å². The van der Waals surface area contributed by atoms with Crippen LogP contribution in [0.15, 0.2) is 25.3 Å². The number of nitrogens with two attached hydrogens (primary N) is 1. The molecule has 0 saturated heterocycles. The average molecular weight is 208 g/mol. The van der Waals surface area contributed by atoms with E-state index in [1.807, 2.05) is 0 Å². The van der Waals surface area contributed by atoms with Crippen molar-refractivity contribution in [3.05, 3.63) is 25.3 Å². The lowest BCUT2D eigenvalue weighted by atomic mass is 10.1. The fourth-order valence-corrected chi connectivity index (χ4v) is 1.61. The minimum atomic E-state index is 0.0367. The second-order valence-corrected chi connectivity index (χ2v) is 4.08. The Balaban J connectivity index is 2.39. The molecule has 0 radical (unpaired) electrons. The number of carbonyl (C=O) groups excluding carboxylic acids is 1. The van der Waals surface area contributed by atoms with Crippen LogP contribution in [0.2, 0.25) is 0 Å². The smallest absolute Gasteiger partial charge is 0.224 e. The molecule has 1 atom stereocenters. The maximum absolute atomic E-state index is 11.8. The highest BCUT2D eigenvalue weighted by atomic mass is 16.2. The minimum Gasteiger partial charge on any atom is -0.335 e. The maximum atomic E-state index is 11.8. The first-order valence-corrected chi connectivity index (χ1v) is 5.44. The van der Waals surface area contributed by atoms with Crippen molar-refractivity contribution in [1.29, 1.82) is 0 Å². The summed E-state index contributed by atoms with van der Waals surface area (Å²) in [5.74, 6) is 0.678. The number of nitrogens with zero attached hydrogens (tertiary/aromatic N) is 1. The molecular formula is C12H20N2O. The molecule has 15 heavy (non-hydrogen) atoms. The third kappa shape index (κ3) is 3.88. The van der Waals surface area contributed by atoms with Crippen molar-refractivity contribution in [3.8, 4) is 0 Å². The van der Waals surface area contributed by atoms with Gasteiger partial charge in [-0.25, -0.2) is 0 Å². The fraction of sp³-hybridized carbons (Fsp3) is 0.583. The van der Waals surface area contributed by atoms with Crippen molar-refractivity contribution in [2.45, 2.75) is 25.3 Å². The molecule has 1 rings (SSSR count). The number of amides is 1. The summed E-state index contributed by atoms with van der Waals surface area (Å²) in [5, 5.41) is 0. The number of carbonyl (C=O) groups is 1. The van der Waals surface area contributed by atoms with Crippen molar-refractivity contribution in [2.24, 2.45) is 11.7 Å². The predicted octanol–water partition coefficient (Wildman–Crippen LogP) is 1.31. The third-order valence-electron chi connectivity index (χ3n) is 2.69. The second-order valence-electron chi connectivity index (χ2n) is 4.08. The van der Waals surface area contributed by atoms with E-state index < -0.39 is 0 Å². The Labute approximate surface area is 91.6 Å². The molecule has 1 aliphatic rings. The van der Waals surface area contributed by atoms with E-state index in [0.717, 1.165) is 0 Å². The van der Waals surface area contributed by atoms with E-state index in [9.17, 15) is 4.79 Å². The van der Waals surface area contributed by atoms with Crippen LogP contribution < -0.4 is 5.73 Å². The summed E-state index contributed by atoms with van der Waals surface area (Å²) >= 11 is 0. The van der Waals surface area contributed by atoms with Crippen molar-refractivity contribution < 1.29 is 4.79 Å². The van der Waals surface area contributed by atoms with E-state index in [2.05, 4.69) is 13.2 Å². The lowest BCUT2D eigenvalue weighted by Gasteiger charge is -2.21. The number of rotatable bonds is 7. The first-order valence-electron chi connectivity index (χ1n) is 5.44. The first-order chi connectivity index (χ1) is 7.19. The lowest BCUT2D eigenvalue weighted by molar-refractivity contribution is -0.130. The van der Waals surface area contributed by atoms with Gasteiger partial charge < -0.3 is 10.6 Å². The fourth-order valence-electron chi connectivity index (χ4n) is 1.61. The van der Waals surface area contributed by atoms with Crippen LogP contribution in [-0.2, 0) is 4.79 Å². The maximum Gasteiger partial charge on any atom is 0.224 e. The van der Waals surface area contributed by atoms with Gasteiger partial charge >= 0.3 is 0 Å². The average Bonchev–Trinajstić information content (AvgIpc) is 3.00. The highest BCUT2D eigenvalue weighted by molar-refractivity contribution is 5.77. The lowest BCUT2D eigenvalue weighted by Crippen LogP contribution is -2.36. The summed E-state index contributed by atoms with van der Waals surface area (Å²) in [5.41, 5.74) is 5.91. The Morgan fingerprint density at radius 1 is 1.40 bits per heavy atom. The summed E-state index contributed by atoms with van der Waals surface area (Å²) < 4.78 is 0. The van der Waals surface area contributed by atoms with Crippen LogP contribution >= 0.6 is 0 Å². The number of hydrogen-bond donors (Lipinski definition) is 1. The highest BCUT2D eigenvalue weighted by Gasteiger charge is 2.30. The van der Waals surface area contributed by atoms with Gasteiger partial charge in [0.15, 0.2) is 0 Å². The van der Waals surface area contributed by atoms with Crippen LogP contribution in [-0.4, -0.2) is 29.9 Å². The Morgan fingerprint density at radius 2 is 1.93 bits per heavy atom. The quantitative estimate of drug-likeness (QED) is 0.641. The molecule has 1 unspecified atom stereocenters. The number of hydrogen-bond acceptors (Lipinski definition) is 2. The van der Waals surface area contributed by atoms with Gasteiger partial charge in [0.1, 0.15) is 0 Å². The van der Waals surface area contributed by atoms with E-state index >= 15 is 0 Å². The molecule has 1 amide bonds. The SMILES string of the molecule is C=CCN(CC=C)C(=O)CC(N)C1CC1. The largest absolute Gasteiger partial charge is 0.335 e. The molecule has 1 aliphatic carbocycles.